The number of anilines is 2. The third-order valence-electron chi connectivity index (χ3n) is 4.18. The second-order valence-corrected chi connectivity index (χ2v) is 8.45. The molecule has 0 fully saturated rings. The Morgan fingerprint density at radius 2 is 1.77 bits per heavy atom. The molecule has 0 bridgehead atoms. The van der Waals surface area contributed by atoms with Crippen molar-refractivity contribution in [3.8, 4) is 0 Å². The lowest BCUT2D eigenvalue weighted by molar-refractivity contribution is 0.101. The van der Waals surface area contributed by atoms with E-state index in [9.17, 15) is 9.59 Å². The number of nitrogens with one attached hydrogen (secondary N) is 2. The van der Waals surface area contributed by atoms with Gasteiger partial charge in [0.2, 0.25) is 5.89 Å². The molecular weight excluding hydrogens is 432 g/mol. The minimum absolute atomic E-state index is 0.184. The molecule has 4 aromatic rings. The van der Waals surface area contributed by atoms with E-state index in [0.717, 1.165) is 4.90 Å². The van der Waals surface area contributed by atoms with Gasteiger partial charge in [-0.25, -0.2) is 0 Å². The van der Waals surface area contributed by atoms with Gasteiger partial charge < -0.3 is 15.2 Å². The molecule has 2 amide bonds. The van der Waals surface area contributed by atoms with Crippen molar-refractivity contribution >= 4 is 46.3 Å². The number of thiophene rings is 1. The van der Waals surface area contributed by atoms with Crippen LogP contribution in [0, 0.1) is 6.92 Å². The van der Waals surface area contributed by atoms with Crippen LogP contribution < -0.4 is 10.6 Å². The maximum Gasteiger partial charge on any atom is 0.265 e. The van der Waals surface area contributed by atoms with E-state index in [4.69, 9.17) is 4.52 Å². The fourth-order valence-corrected chi connectivity index (χ4v) is 4.30. The van der Waals surface area contributed by atoms with Crippen LogP contribution in [0.4, 0.5) is 11.4 Å². The smallest absolute Gasteiger partial charge is 0.265 e. The topological polar surface area (TPSA) is 97.1 Å². The number of hydrogen-bond donors (Lipinski definition) is 2. The molecule has 0 atom stereocenters. The predicted octanol–water partition coefficient (Wildman–Crippen LogP) is 5.24. The third-order valence-corrected chi connectivity index (χ3v) is 6.10. The van der Waals surface area contributed by atoms with E-state index in [-0.39, 0.29) is 11.8 Å². The van der Waals surface area contributed by atoms with Crippen molar-refractivity contribution in [3.63, 3.8) is 0 Å². The summed E-state index contributed by atoms with van der Waals surface area (Å²) in [5.74, 6) is 1.12. The van der Waals surface area contributed by atoms with E-state index >= 15 is 0 Å². The Morgan fingerprint density at radius 1 is 1.00 bits per heavy atom. The molecule has 0 spiro atoms. The van der Waals surface area contributed by atoms with Gasteiger partial charge >= 0.3 is 0 Å². The second-order valence-electron chi connectivity index (χ2n) is 6.49. The van der Waals surface area contributed by atoms with Crippen LogP contribution in [0.5, 0.6) is 0 Å². The average Bonchev–Trinajstić information content (AvgIpc) is 3.45. The predicted molar refractivity (Wildman–Crippen MR) is 122 cm³/mol. The molecule has 4 rings (SSSR count). The Bertz CT molecular complexity index is 1200. The summed E-state index contributed by atoms with van der Waals surface area (Å²) in [6, 6.07) is 18.0. The van der Waals surface area contributed by atoms with Gasteiger partial charge in [-0.1, -0.05) is 29.4 Å². The molecule has 31 heavy (non-hydrogen) atoms. The number of aryl methyl sites for hydroxylation is 1. The van der Waals surface area contributed by atoms with E-state index < -0.39 is 0 Å². The fraction of sp³-hybridized carbons (Fsp3) is 0.0909. The summed E-state index contributed by atoms with van der Waals surface area (Å²) in [7, 11) is 0. The van der Waals surface area contributed by atoms with Crippen LogP contribution in [0.3, 0.4) is 0 Å². The summed E-state index contributed by atoms with van der Waals surface area (Å²) in [4.78, 5) is 30.8. The molecule has 7 nitrogen and oxygen atoms in total. The molecule has 9 heteroatoms. The van der Waals surface area contributed by atoms with E-state index in [2.05, 4.69) is 20.8 Å². The maximum atomic E-state index is 12.9. The van der Waals surface area contributed by atoms with Crippen LogP contribution in [-0.2, 0) is 5.75 Å². The fourth-order valence-electron chi connectivity index (χ4n) is 2.79. The summed E-state index contributed by atoms with van der Waals surface area (Å²) >= 11 is 2.82. The quantitative estimate of drug-likeness (QED) is 0.374. The number of carbonyl (C=O) groups is 2. The molecule has 0 aliphatic rings. The van der Waals surface area contributed by atoms with Gasteiger partial charge in [0.05, 0.1) is 16.2 Å². The number of nitrogens with zero attached hydrogens (tertiary/aromatic N) is 2. The molecule has 0 aliphatic carbocycles. The van der Waals surface area contributed by atoms with Crippen LogP contribution in [0.15, 0.2) is 75.5 Å². The van der Waals surface area contributed by atoms with Crippen LogP contribution >= 0.6 is 23.1 Å². The van der Waals surface area contributed by atoms with Gasteiger partial charge in [0.1, 0.15) is 0 Å². The molecule has 2 heterocycles. The molecule has 0 unspecified atom stereocenters. The molecular formula is C22H18N4O3S2. The van der Waals surface area contributed by atoms with Crippen molar-refractivity contribution in [2.45, 2.75) is 17.6 Å². The first-order valence-corrected chi connectivity index (χ1v) is 11.2. The number of amides is 2. The maximum absolute atomic E-state index is 12.9. The zero-order valence-electron chi connectivity index (χ0n) is 16.5. The average molecular weight is 451 g/mol. The van der Waals surface area contributed by atoms with Crippen LogP contribution in [0.2, 0.25) is 0 Å². The summed E-state index contributed by atoms with van der Waals surface area (Å²) in [5, 5.41) is 11.4. The van der Waals surface area contributed by atoms with Gasteiger partial charge in [-0.2, -0.15) is 4.98 Å². The molecule has 0 saturated carbocycles. The third kappa shape index (κ3) is 5.39. The summed E-state index contributed by atoms with van der Waals surface area (Å²) in [6.07, 6.45) is 0. The van der Waals surface area contributed by atoms with Gasteiger partial charge in [-0.15, -0.1) is 23.1 Å². The molecule has 156 valence electrons. The molecule has 2 aromatic carbocycles. The number of thioether (sulfide) groups is 1. The lowest BCUT2D eigenvalue weighted by Crippen LogP contribution is -2.14. The Hall–Kier alpha value is -3.43. The minimum Gasteiger partial charge on any atom is -0.338 e. The zero-order chi connectivity index (χ0) is 21.6. The first-order chi connectivity index (χ1) is 15.1. The highest BCUT2D eigenvalue weighted by atomic mass is 32.2. The van der Waals surface area contributed by atoms with Crippen LogP contribution in [0.1, 0.15) is 31.7 Å². The summed E-state index contributed by atoms with van der Waals surface area (Å²) in [5.41, 5.74) is 1.73. The van der Waals surface area contributed by atoms with E-state index in [0.29, 0.717) is 39.3 Å². The van der Waals surface area contributed by atoms with Crippen molar-refractivity contribution < 1.29 is 14.1 Å². The lowest BCUT2D eigenvalue weighted by atomic mass is 10.2. The number of carbonyl (C=O) groups excluding carboxylic acids is 2. The standard InChI is InChI=1S/C22H18N4O3S2/c1-14-23-20(29-26-14)13-31-18-9-3-2-8-17(18)21(27)24-15-6-4-7-16(12-15)25-22(28)19-10-5-11-30-19/h2-12H,13H2,1H3,(H,24,27)(H,25,28). The minimum atomic E-state index is -0.244. The van der Waals surface area contributed by atoms with Crippen molar-refractivity contribution in [1.82, 2.24) is 10.1 Å². The number of benzene rings is 2. The Kier molecular flexibility index (Phi) is 6.44. The van der Waals surface area contributed by atoms with E-state index in [1.807, 2.05) is 29.6 Å². The highest BCUT2D eigenvalue weighted by molar-refractivity contribution is 7.98. The highest BCUT2D eigenvalue weighted by Crippen LogP contribution is 2.27. The molecule has 0 aliphatic heterocycles. The van der Waals surface area contributed by atoms with E-state index in [1.165, 1.54) is 23.1 Å². The van der Waals surface area contributed by atoms with Gasteiger partial charge in [-0.3, -0.25) is 9.59 Å². The molecule has 2 N–H and O–H groups in total. The van der Waals surface area contributed by atoms with Crippen LogP contribution in [-0.4, -0.2) is 22.0 Å². The van der Waals surface area contributed by atoms with Crippen molar-refractivity contribution in [2.75, 3.05) is 10.6 Å². The number of aromatic nitrogens is 2. The monoisotopic (exact) mass is 450 g/mol. The molecule has 0 radical (unpaired) electrons. The van der Waals surface area contributed by atoms with E-state index in [1.54, 1.807) is 43.3 Å². The molecule has 0 saturated heterocycles. The van der Waals surface area contributed by atoms with Gasteiger partial charge in [0, 0.05) is 16.3 Å². The first kappa shape index (κ1) is 20.8. The normalized spacial score (nSPS) is 10.6. The Labute approximate surface area is 186 Å². The summed E-state index contributed by atoms with van der Waals surface area (Å²) in [6.45, 7) is 1.76. The zero-order valence-corrected chi connectivity index (χ0v) is 18.1. The lowest BCUT2D eigenvalue weighted by Gasteiger charge is -2.11. The van der Waals surface area contributed by atoms with Crippen molar-refractivity contribution in [1.29, 1.82) is 0 Å². The van der Waals surface area contributed by atoms with Gasteiger partial charge in [0.25, 0.3) is 11.8 Å². The number of rotatable bonds is 7. The Balaban J connectivity index is 1.44. The Morgan fingerprint density at radius 3 is 2.48 bits per heavy atom. The van der Waals surface area contributed by atoms with Gasteiger partial charge in [0.15, 0.2) is 5.82 Å². The number of hydrogen-bond acceptors (Lipinski definition) is 7. The molecule has 2 aromatic heterocycles. The van der Waals surface area contributed by atoms with Crippen molar-refractivity contribution in [3.05, 3.63) is 88.2 Å². The largest absolute Gasteiger partial charge is 0.338 e. The SMILES string of the molecule is Cc1noc(CSc2ccccc2C(=O)Nc2cccc(NC(=O)c3cccs3)c2)n1. The summed E-state index contributed by atoms with van der Waals surface area (Å²) < 4.78 is 5.14. The second kappa shape index (κ2) is 9.59. The first-order valence-electron chi connectivity index (χ1n) is 9.36. The van der Waals surface area contributed by atoms with Crippen molar-refractivity contribution in [2.24, 2.45) is 0 Å². The van der Waals surface area contributed by atoms with Gasteiger partial charge in [-0.05, 0) is 48.7 Å². The highest BCUT2D eigenvalue weighted by Gasteiger charge is 2.14. The van der Waals surface area contributed by atoms with Crippen LogP contribution in [0.25, 0.3) is 0 Å².